The van der Waals surface area contributed by atoms with Crippen LogP contribution in [0, 0.1) is 0 Å². The summed E-state index contributed by atoms with van der Waals surface area (Å²) in [6.45, 7) is 4.75. The molecule has 3 unspecified atom stereocenters. The van der Waals surface area contributed by atoms with E-state index < -0.39 is 20.0 Å². The van der Waals surface area contributed by atoms with E-state index in [9.17, 15) is 19.4 Å². The molecule has 0 spiro atoms. The first kappa shape index (κ1) is 75.7. The number of phosphoric acid groups is 1. The smallest absolute Gasteiger partial charge is 0.268 e. The number of hydrogen-bond acceptors (Lipinski definition) is 6. The summed E-state index contributed by atoms with van der Waals surface area (Å²) in [5, 5.41) is 14.0. The van der Waals surface area contributed by atoms with Crippen molar-refractivity contribution in [3.63, 3.8) is 0 Å². The van der Waals surface area contributed by atoms with Gasteiger partial charge in [-0.25, -0.2) is 0 Å². The number of nitrogens with zero attached hydrogens (tertiary/aromatic N) is 1. The van der Waals surface area contributed by atoms with Crippen LogP contribution in [0.1, 0.15) is 341 Å². The normalized spacial score (nSPS) is 13.9. The number of quaternary nitrogens is 1. The number of amides is 1. The van der Waals surface area contributed by atoms with Gasteiger partial charge in [0.1, 0.15) is 13.2 Å². The van der Waals surface area contributed by atoms with Crippen LogP contribution in [0.4, 0.5) is 0 Å². The summed E-state index contributed by atoms with van der Waals surface area (Å²) in [6.07, 6.45) is 77.9. The molecule has 1 amide bonds. The number of aliphatic hydroxyl groups is 1. The summed E-state index contributed by atoms with van der Waals surface area (Å²) in [5.41, 5.74) is 0. The number of aliphatic hydroxyl groups excluding tert-OH is 1. The van der Waals surface area contributed by atoms with Gasteiger partial charge in [0.2, 0.25) is 5.91 Å². The lowest BCUT2D eigenvalue weighted by Crippen LogP contribution is -2.46. The summed E-state index contributed by atoms with van der Waals surface area (Å²) in [6, 6.07) is -0.798. The third-order valence-corrected chi connectivity index (χ3v) is 16.6. The van der Waals surface area contributed by atoms with Crippen molar-refractivity contribution < 1.29 is 32.9 Å². The van der Waals surface area contributed by atoms with Gasteiger partial charge in [0, 0.05) is 6.42 Å². The molecule has 0 aliphatic carbocycles. The number of phosphoric ester groups is 1. The number of carbonyl (C=O) groups excluding carboxylic acids is 1. The Kier molecular flexibility index (Phi) is 58.4. The van der Waals surface area contributed by atoms with Gasteiger partial charge < -0.3 is 28.8 Å². The number of likely N-dealkylation sites (N-methyl/N-ethyl adjacent to an activating group) is 1. The molecule has 3 atom stereocenters. The molecular formula is C68H133N2O6P. The topological polar surface area (TPSA) is 108 Å². The van der Waals surface area contributed by atoms with Crippen molar-refractivity contribution in [2.24, 2.45) is 0 Å². The summed E-state index contributed by atoms with van der Waals surface area (Å²) in [4.78, 5) is 25.6. The van der Waals surface area contributed by atoms with Crippen molar-refractivity contribution in [3.05, 3.63) is 36.5 Å². The zero-order chi connectivity index (χ0) is 56.3. The van der Waals surface area contributed by atoms with Crippen LogP contribution in [0.25, 0.3) is 0 Å². The largest absolute Gasteiger partial charge is 0.756 e. The van der Waals surface area contributed by atoms with Gasteiger partial charge in [0.05, 0.1) is 39.9 Å². The predicted octanol–water partition coefficient (Wildman–Crippen LogP) is 20.6. The van der Waals surface area contributed by atoms with Crippen LogP contribution >= 0.6 is 7.82 Å². The van der Waals surface area contributed by atoms with Gasteiger partial charge in [0.25, 0.3) is 7.82 Å². The molecule has 0 saturated heterocycles. The fourth-order valence-corrected chi connectivity index (χ4v) is 11.1. The average Bonchev–Trinajstić information content (AvgIpc) is 3.39. The quantitative estimate of drug-likeness (QED) is 0.0272. The lowest BCUT2D eigenvalue weighted by molar-refractivity contribution is -0.870. The summed E-state index contributed by atoms with van der Waals surface area (Å²) in [5.74, 6) is -0.158. The molecule has 77 heavy (non-hydrogen) atoms. The van der Waals surface area contributed by atoms with Crippen molar-refractivity contribution >= 4 is 13.7 Å². The molecule has 456 valence electrons. The second-order valence-electron chi connectivity index (χ2n) is 24.5. The predicted molar refractivity (Wildman–Crippen MR) is 335 cm³/mol. The van der Waals surface area contributed by atoms with Crippen molar-refractivity contribution in [3.8, 4) is 0 Å². The third-order valence-electron chi connectivity index (χ3n) is 15.6. The monoisotopic (exact) mass is 1100 g/mol. The molecule has 0 fully saturated rings. The summed E-state index contributed by atoms with van der Waals surface area (Å²) < 4.78 is 23.5. The molecule has 0 aromatic heterocycles. The molecule has 9 heteroatoms. The molecule has 0 aromatic carbocycles. The summed E-state index contributed by atoms with van der Waals surface area (Å²) >= 11 is 0. The van der Waals surface area contributed by atoms with Crippen molar-refractivity contribution in [2.75, 3.05) is 40.9 Å². The van der Waals surface area contributed by atoms with Crippen molar-refractivity contribution in [2.45, 2.75) is 353 Å². The van der Waals surface area contributed by atoms with E-state index in [1.807, 2.05) is 21.1 Å². The molecule has 8 nitrogen and oxygen atoms in total. The van der Waals surface area contributed by atoms with E-state index in [0.29, 0.717) is 23.9 Å². The minimum absolute atomic E-state index is 0.0147. The Morgan fingerprint density at radius 3 is 1.09 bits per heavy atom. The van der Waals surface area contributed by atoms with Gasteiger partial charge in [-0.15, -0.1) is 0 Å². The van der Waals surface area contributed by atoms with Gasteiger partial charge in [-0.3, -0.25) is 9.36 Å². The second kappa shape index (κ2) is 59.3. The zero-order valence-electron chi connectivity index (χ0n) is 52.2. The van der Waals surface area contributed by atoms with Crippen LogP contribution in [-0.2, 0) is 18.4 Å². The number of nitrogens with one attached hydrogen (secondary N) is 1. The fourth-order valence-electron chi connectivity index (χ4n) is 10.3. The van der Waals surface area contributed by atoms with Gasteiger partial charge >= 0.3 is 0 Å². The first-order chi connectivity index (χ1) is 37.5. The maximum absolute atomic E-state index is 13.0. The van der Waals surface area contributed by atoms with Crippen LogP contribution < -0.4 is 10.2 Å². The highest BCUT2D eigenvalue weighted by Crippen LogP contribution is 2.38. The minimum atomic E-state index is -4.57. The van der Waals surface area contributed by atoms with E-state index in [4.69, 9.17) is 9.05 Å². The Balaban J connectivity index is 3.88. The van der Waals surface area contributed by atoms with Crippen LogP contribution in [0.15, 0.2) is 36.5 Å². The number of allylic oxidation sites excluding steroid dienone is 6. The number of hydrogen-bond donors (Lipinski definition) is 2. The Morgan fingerprint density at radius 1 is 0.455 bits per heavy atom. The lowest BCUT2D eigenvalue weighted by Gasteiger charge is -2.30. The molecular weight excluding hydrogens is 972 g/mol. The lowest BCUT2D eigenvalue weighted by atomic mass is 10.0. The standard InChI is InChI=1S/C68H133N2O6P/c1-6-8-10-12-14-16-18-20-22-24-25-26-27-28-29-30-31-32-33-34-35-36-37-38-39-40-41-42-43-44-45-46-48-50-52-54-56-58-60-62-68(72)69-66(65-76-77(73,74)75-64-63-70(3,4)5)67(71)61-59-57-55-53-51-49-47-23-21-19-17-15-13-11-9-7-2/h18,20,24-25,27-28,66-67,71H,6-17,19,21-23,26,29-65H2,1-5H3,(H-,69,72,73,74)/b20-18-,25-24-,28-27-. The van der Waals surface area contributed by atoms with Crippen LogP contribution in [0.3, 0.4) is 0 Å². The molecule has 0 rings (SSSR count). The van der Waals surface area contributed by atoms with Crippen LogP contribution in [0.5, 0.6) is 0 Å². The maximum atomic E-state index is 13.0. The van der Waals surface area contributed by atoms with Crippen LogP contribution in [0.2, 0.25) is 0 Å². The Morgan fingerprint density at radius 2 is 0.753 bits per heavy atom. The van der Waals surface area contributed by atoms with Gasteiger partial charge in [0.15, 0.2) is 0 Å². The number of unbranched alkanes of at least 4 members (excludes halogenated alkanes) is 44. The van der Waals surface area contributed by atoms with E-state index in [2.05, 4.69) is 55.6 Å². The average molecular weight is 1110 g/mol. The van der Waals surface area contributed by atoms with E-state index in [-0.39, 0.29) is 19.1 Å². The molecule has 0 radical (unpaired) electrons. The van der Waals surface area contributed by atoms with Crippen molar-refractivity contribution in [1.82, 2.24) is 5.32 Å². The third kappa shape index (κ3) is 62.2. The minimum Gasteiger partial charge on any atom is -0.756 e. The molecule has 0 aromatic rings. The van der Waals surface area contributed by atoms with Gasteiger partial charge in [-0.05, 0) is 51.4 Å². The van der Waals surface area contributed by atoms with Gasteiger partial charge in [-0.1, -0.05) is 320 Å². The molecule has 2 N–H and O–H groups in total. The Labute approximate surface area is 480 Å². The molecule has 0 saturated carbocycles. The fraction of sp³-hybridized carbons (Fsp3) is 0.897. The Bertz CT molecular complexity index is 1350. The second-order valence-corrected chi connectivity index (χ2v) is 25.9. The van der Waals surface area contributed by atoms with Crippen molar-refractivity contribution in [1.29, 1.82) is 0 Å². The zero-order valence-corrected chi connectivity index (χ0v) is 53.1. The van der Waals surface area contributed by atoms with Gasteiger partial charge in [-0.2, -0.15) is 0 Å². The number of rotatable bonds is 63. The summed E-state index contributed by atoms with van der Waals surface area (Å²) in [7, 11) is 1.32. The highest BCUT2D eigenvalue weighted by Gasteiger charge is 2.24. The molecule has 0 aliphatic rings. The highest BCUT2D eigenvalue weighted by atomic mass is 31.2. The van der Waals surface area contributed by atoms with E-state index in [1.165, 1.54) is 263 Å². The van der Waals surface area contributed by atoms with E-state index in [0.717, 1.165) is 51.4 Å². The first-order valence-corrected chi connectivity index (χ1v) is 35.3. The van der Waals surface area contributed by atoms with Crippen LogP contribution in [-0.4, -0.2) is 68.5 Å². The Hall–Kier alpha value is -1.28. The molecule has 0 heterocycles. The molecule has 0 bridgehead atoms. The van der Waals surface area contributed by atoms with E-state index >= 15 is 0 Å². The van der Waals surface area contributed by atoms with E-state index in [1.54, 1.807) is 0 Å². The molecule has 0 aliphatic heterocycles. The highest BCUT2D eigenvalue weighted by molar-refractivity contribution is 7.45. The SMILES string of the molecule is CCCCCCC/C=C\C/C=C\C/C=C\CCCCCCCCCCCCCCCCCCCCCCCCCCC(=O)NC(COP(=O)([O-])OCC[N+](C)(C)C)C(O)CCCCCCCCCCCCCCCCCC. The first-order valence-electron chi connectivity index (χ1n) is 33.8. The number of carbonyl (C=O) groups is 1. The maximum Gasteiger partial charge on any atom is 0.268 e.